The summed E-state index contributed by atoms with van der Waals surface area (Å²) >= 11 is 0. The van der Waals surface area contributed by atoms with E-state index in [2.05, 4.69) is 0 Å². The van der Waals surface area contributed by atoms with Crippen molar-refractivity contribution in [1.29, 1.82) is 0 Å². The van der Waals surface area contributed by atoms with Gasteiger partial charge in [0.1, 0.15) is 11.5 Å². The van der Waals surface area contributed by atoms with Crippen molar-refractivity contribution < 1.29 is 27.0 Å². The molecule has 1 aliphatic rings. The normalized spacial score (nSPS) is 14.7. The number of benzene rings is 4. The molecule has 4 nitrogen and oxygen atoms in total. The number of ether oxygens (including phenoxy) is 2. The molecule has 1 fully saturated rings. The molecule has 1 aliphatic carbocycles. The highest BCUT2D eigenvalue weighted by Crippen LogP contribution is 2.47. The van der Waals surface area contributed by atoms with E-state index in [1.54, 1.807) is 24.3 Å². The first-order chi connectivity index (χ1) is 18.2. The summed E-state index contributed by atoms with van der Waals surface area (Å²) in [5.74, 6) is -4.33. The van der Waals surface area contributed by atoms with Crippen molar-refractivity contribution in [1.82, 2.24) is 0 Å². The van der Waals surface area contributed by atoms with E-state index in [1.807, 2.05) is 0 Å². The molecule has 0 spiro atoms. The lowest BCUT2D eigenvalue weighted by molar-refractivity contribution is 0.335. The van der Waals surface area contributed by atoms with Gasteiger partial charge in [0.05, 0.1) is 0 Å². The van der Waals surface area contributed by atoms with Crippen LogP contribution in [0.2, 0.25) is 0 Å². The van der Waals surface area contributed by atoms with E-state index < -0.39 is 40.2 Å². The summed E-state index contributed by atoms with van der Waals surface area (Å²) in [6.07, 6.45) is 3.33. The van der Waals surface area contributed by atoms with E-state index >= 15 is 17.6 Å². The van der Waals surface area contributed by atoms with Crippen LogP contribution < -0.4 is 20.9 Å². The third kappa shape index (κ3) is 4.98. The topological polar surface area (TPSA) is 70.5 Å². The van der Waals surface area contributed by atoms with Gasteiger partial charge in [-0.2, -0.15) is 0 Å². The molecule has 4 aromatic carbocycles. The van der Waals surface area contributed by atoms with Gasteiger partial charge in [-0.15, -0.1) is 0 Å². The van der Waals surface area contributed by atoms with Crippen molar-refractivity contribution in [2.75, 3.05) is 11.5 Å². The Kier molecular flexibility index (Phi) is 6.89. The second-order valence-electron chi connectivity index (χ2n) is 9.52. The third-order valence-electron chi connectivity index (χ3n) is 7.01. The molecule has 4 aromatic rings. The minimum atomic E-state index is -0.985. The lowest BCUT2D eigenvalue weighted by Crippen LogP contribution is -2.31. The molecule has 5 rings (SSSR count). The predicted octanol–water partition coefficient (Wildman–Crippen LogP) is 8.24. The van der Waals surface area contributed by atoms with Crippen LogP contribution in [0.25, 0.3) is 0 Å². The number of hydrogen-bond donors (Lipinski definition) is 2. The summed E-state index contributed by atoms with van der Waals surface area (Å²) in [7, 11) is 0. The molecule has 1 saturated carbocycles. The Bertz CT molecular complexity index is 1300. The zero-order chi connectivity index (χ0) is 26.9. The van der Waals surface area contributed by atoms with Crippen molar-refractivity contribution in [3.05, 3.63) is 107 Å². The molecule has 0 heterocycles. The number of nitrogen functional groups attached to an aromatic ring is 2. The van der Waals surface area contributed by atoms with Crippen molar-refractivity contribution in [2.24, 2.45) is 0 Å². The standard InChI is InChI=1S/C30H26F4N2O2/c31-24-14-18(15-25(32)28(24)37-22-8-4-20(35)5-9-22)30(12-2-1-3-13-30)19-16-26(33)29(27(34)17-19)38-23-10-6-21(36)7-11-23/h4-11,14-17H,1-3,12-13,35-36H2. The predicted molar refractivity (Wildman–Crippen MR) is 138 cm³/mol. The second kappa shape index (κ2) is 10.3. The molecular formula is C30H26F4N2O2. The van der Waals surface area contributed by atoms with Crippen LogP contribution in [-0.2, 0) is 5.41 Å². The van der Waals surface area contributed by atoms with Crippen molar-refractivity contribution in [3.63, 3.8) is 0 Å². The summed E-state index contributed by atoms with van der Waals surface area (Å²) in [5.41, 5.74) is 11.9. The van der Waals surface area contributed by atoms with Gasteiger partial charge in [0, 0.05) is 16.8 Å². The molecule has 0 amide bonds. The Morgan fingerprint density at radius 1 is 0.526 bits per heavy atom. The smallest absolute Gasteiger partial charge is 0.198 e. The van der Waals surface area contributed by atoms with Crippen LogP contribution >= 0.6 is 0 Å². The monoisotopic (exact) mass is 522 g/mol. The fourth-order valence-electron chi connectivity index (χ4n) is 5.07. The largest absolute Gasteiger partial charge is 0.451 e. The maximum absolute atomic E-state index is 15.2. The van der Waals surface area contributed by atoms with Crippen molar-refractivity contribution >= 4 is 11.4 Å². The molecule has 0 aromatic heterocycles. The maximum atomic E-state index is 15.2. The third-order valence-corrected chi connectivity index (χ3v) is 7.01. The number of rotatable bonds is 6. The van der Waals surface area contributed by atoms with E-state index in [9.17, 15) is 0 Å². The Hall–Kier alpha value is -4.20. The quantitative estimate of drug-likeness (QED) is 0.198. The number of halogens is 4. The highest BCUT2D eigenvalue weighted by molar-refractivity contribution is 5.49. The van der Waals surface area contributed by atoms with Crippen LogP contribution in [0, 0.1) is 23.3 Å². The van der Waals surface area contributed by atoms with Crippen molar-refractivity contribution in [2.45, 2.75) is 37.5 Å². The van der Waals surface area contributed by atoms with Gasteiger partial charge in [0.15, 0.2) is 34.8 Å². The maximum Gasteiger partial charge on any atom is 0.198 e. The molecule has 38 heavy (non-hydrogen) atoms. The molecule has 0 radical (unpaired) electrons. The van der Waals surface area contributed by atoms with Crippen LogP contribution in [0.5, 0.6) is 23.0 Å². The van der Waals surface area contributed by atoms with Crippen LogP contribution in [0.3, 0.4) is 0 Å². The molecule has 196 valence electrons. The summed E-state index contributed by atoms with van der Waals surface area (Å²) in [6.45, 7) is 0. The van der Waals surface area contributed by atoms with Gasteiger partial charge < -0.3 is 20.9 Å². The molecule has 0 unspecified atom stereocenters. The van der Waals surface area contributed by atoms with Crippen LogP contribution in [-0.4, -0.2) is 0 Å². The fourth-order valence-corrected chi connectivity index (χ4v) is 5.07. The fraction of sp³-hybridized carbons (Fsp3) is 0.200. The second-order valence-corrected chi connectivity index (χ2v) is 9.52. The van der Waals surface area contributed by atoms with Crippen molar-refractivity contribution in [3.8, 4) is 23.0 Å². The lowest BCUT2D eigenvalue weighted by Gasteiger charge is -2.39. The van der Waals surface area contributed by atoms with E-state index in [-0.39, 0.29) is 11.5 Å². The molecule has 8 heteroatoms. The van der Waals surface area contributed by atoms with Gasteiger partial charge in [-0.25, -0.2) is 17.6 Å². The SMILES string of the molecule is Nc1ccc(Oc2c(F)cc(C3(c4cc(F)c(Oc5ccc(N)cc5)c(F)c4)CCCCC3)cc2F)cc1. The van der Waals surface area contributed by atoms with E-state index in [1.165, 1.54) is 48.5 Å². The molecule has 4 N–H and O–H groups in total. The molecular weight excluding hydrogens is 496 g/mol. The Balaban J connectivity index is 1.52. The summed E-state index contributed by atoms with van der Waals surface area (Å²) in [4.78, 5) is 0. The molecule has 0 saturated heterocycles. The summed E-state index contributed by atoms with van der Waals surface area (Å²) in [5, 5.41) is 0. The molecule has 0 atom stereocenters. The molecule has 0 bridgehead atoms. The van der Waals surface area contributed by atoms with Gasteiger partial charge in [-0.1, -0.05) is 19.3 Å². The van der Waals surface area contributed by atoms with Gasteiger partial charge in [-0.3, -0.25) is 0 Å². The first-order valence-corrected chi connectivity index (χ1v) is 12.3. The Morgan fingerprint density at radius 2 is 0.868 bits per heavy atom. The van der Waals surface area contributed by atoms with Gasteiger partial charge in [0.2, 0.25) is 0 Å². The van der Waals surface area contributed by atoms with E-state index in [4.69, 9.17) is 20.9 Å². The van der Waals surface area contributed by atoms with Crippen LogP contribution in [0.1, 0.15) is 43.2 Å². The first kappa shape index (κ1) is 25.4. The zero-order valence-electron chi connectivity index (χ0n) is 20.4. The number of hydrogen-bond acceptors (Lipinski definition) is 4. The Morgan fingerprint density at radius 3 is 1.21 bits per heavy atom. The van der Waals surface area contributed by atoms with Gasteiger partial charge >= 0.3 is 0 Å². The van der Waals surface area contributed by atoms with Gasteiger partial charge in [-0.05, 0) is 96.8 Å². The average Bonchev–Trinajstić information content (AvgIpc) is 2.90. The minimum Gasteiger partial charge on any atom is -0.451 e. The highest BCUT2D eigenvalue weighted by atomic mass is 19.1. The van der Waals surface area contributed by atoms with E-state index in [0.29, 0.717) is 35.3 Å². The average molecular weight is 523 g/mol. The molecule has 0 aliphatic heterocycles. The van der Waals surface area contributed by atoms with Gasteiger partial charge in [0.25, 0.3) is 0 Å². The number of anilines is 2. The highest BCUT2D eigenvalue weighted by Gasteiger charge is 2.38. The summed E-state index contributed by atoms with van der Waals surface area (Å²) < 4.78 is 71.9. The minimum absolute atomic E-state index is 0.220. The van der Waals surface area contributed by atoms with Crippen LogP contribution in [0.15, 0.2) is 72.8 Å². The van der Waals surface area contributed by atoms with E-state index in [0.717, 1.165) is 19.3 Å². The number of nitrogens with two attached hydrogens (primary N) is 2. The lowest BCUT2D eigenvalue weighted by atomic mass is 9.65. The summed E-state index contributed by atoms with van der Waals surface area (Å²) in [6, 6.07) is 17.0. The van der Waals surface area contributed by atoms with Crippen LogP contribution in [0.4, 0.5) is 28.9 Å². The first-order valence-electron chi connectivity index (χ1n) is 12.3. The zero-order valence-corrected chi connectivity index (χ0v) is 20.4. The Labute approximate surface area is 217 Å².